The summed E-state index contributed by atoms with van der Waals surface area (Å²) in [6, 6.07) is 15.5. The minimum Gasteiger partial charge on any atom is -0.460 e. The van der Waals surface area contributed by atoms with Crippen LogP contribution in [0.25, 0.3) is 0 Å². The number of hydrogen-bond acceptors (Lipinski definition) is 4. The maximum absolute atomic E-state index is 12.5. The van der Waals surface area contributed by atoms with Crippen LogP contribution in [0, 0.1) is 0 Å². The lowest BCUT2D eigenvalue weighted by molar-refractivity contribution is -0.148. The molecule has 0 unspecified atom stereocenters. The summed E-state index contributed by atoms with van der Waals surface area (Å²) >= 11 is 0. The second-order valence-corrected chi connectivity index (χ2v) is 5.71. The number of rotatable bonds is 4. The highest BCUT2D eigenvalue weighted by molar-refractivity contribution is 5.86. The Morgan fingerprint density at radius 3 is 2.59 bits per heavy atom. The van der Waals surface area contributed by atoms with E-state index < -0.39 is 5.41 Å². The van der Waals surface area contributed by atoms with Crippen LogP contribution in [0.15, 0.2) is 48.5 Å². The van der Waals surface area contributed by atoms with E-state index in [1.807, 2.05) is 48.5 Å². The first-order valence-corrected chi connectivity index (χ1v) is 7.39. The minimum atomic E-state index is -0.433. The van der Waals surface area contributed by atoms with E-state index in [4.69, 9.17) is 14.2 Å². The Morgan fingerprint density at radius 2 is 1.82 bits per heavy atom. The fourth-order valence-electron chi connectivity index (χ4n) is 2.81. The Kier molecular flexibility index (Phi) is 3.03. The molecule has 0 radical (unpaired) electrons. The van der Waals surface area contributed by atoms with E-state index in [2.05, 4.69) is 0 Å². The maximum atomic E-state index is 12.5. The van der Waals surface area contributed by atoms with Gasteiger partial charge in [0, 0.05) is 0 Å². The maximum Gasteiger partial charge on any atom is 0.316 e. The molecule has 0 spiro atoms. The molecule has 0 saturated heterocycles. The largest absolute Gasteiger partial charge is 0.460 e. The van der Waals surface area contributed by atoms with Gasteiger partial charge in [0.1, 0.15) is 6.61 Å². The molecular weight excluding hydrogens is 280 g/mol. The molecule has 22 heavy (non-hydrogen) atoms. The van der Waals surface area contributed by atoms with Crippen LogP contribution in [-0.2, 0) is 21.6 Å². The molecule has 0 aromatic heterocycles. The van der Waals surface area contributed by atoms with E-state index in [0.29, 0.717) is 5.75 Å². The molecule has 0 N–H and O–H groups in total. The van der Waals surface area contributed by atoms with Crippen molar-refractivity contribution in [2.45, 2.75) is 24.9 Å². The van der Waals surface area contributed by atoms with E-state index in [1.54, 1.807) is 0 Å². The van der Waals surface area contributed by atoms with Gasteiger partial charge in [-0.05, 0) is 36.1 Å². The average molecular weight is 296 g/mol. The normalized spacial score (nSPS) is 17.1. The number of benzene rings is 2. The Bertz CT molecular complexity index is 704. The molecule has 1 aliphatic heterocycles. The molecule has 4 heteroatoms. The Balaban J connectivity index is 1.45. The molecule has 2 aromatic rings. The summed E-state index contributed by atoms with van der Waals surface area (Å²) in [5.74, 6) is 1.30. The first-order valence-electron chi connectivity index (χ1n) is 7.39. The van der Waals surface area contributed by atoms with E-state index in [-0.39, 0.29) is 19.4 Å². The lowest BCUT2D eigenvalue weighted by Crippen LogP contribution is -2.23. The Labute approximate surface area is 128 Å². The third kappa shape index (κ3) is 2.21. The third-order valence-electron chi connectivity index (χ3n) is 4.27. The zero-order valence-corrected chi connectivity index (χ0v) is 12.1. The second-order valence-electron chi connectivity index (χ2n) is 5.71. The predicted octanol–water partition coefficient (Wildman–Crippen LogP) is 3.19. The minimum absolute atomic E-state index is 0.142. The van der Waals surface area contributed by atoms with E-state index >= 15 is 0 Å². The highest BCUT2D eigenvalue weighted by atomic mass is 16.7. The number of ether oxygens (including phenoxy) is 3. The van der Waals surface area contributed by atoms with Crippen molar-refractivity contribution < 1.29 is 19.0 Å². The molecule has 2 aliphatic rings. The molecule has 0 atom stereocenters. The predicted molar refractivity (Wildman–Crippen MR) is 79.7 cm³/mol. The van der Waals surface area contributed by atoms with Crippen molar-refractivity contribution in [2.75, 3.05) is 6.79 Å². The molecule has 1 aliphatic carbocycles. The molecule has 1 fully saturated rings. The summed E-state index contributed by atoms with van der Waals surface area (Å²) in [4.78, 5) is 12.5. The molecular formula is C18H16O4. The van der Waals surface area contributed by atoms with Gasteiger partial charge in [-0.1, -0.05) is 36.4 Å². The highest BCUT2D eigenvalue weighted by Gasteiger charge is 2.52. The van der Waals surface area contributed by atoms with Gasteiger partial charge >= 0.3 is 5.97 Å². The topological polar surface area (TPSA) is 44.8 Å². The fourth-order valence-corrected chi connectivity index (χ4v) is 2.81. The Hall–Kier alpha value is -2.49. The Morgan fingerprint density at radius 1 is 1.05 bits per heavy atom. The van der Waals surface area contributed by atoms with Crippen molar-refractivity contribution in [3.05, 3.63) is 59.7 Å². The molecule has 0 amide bonds. The van der Waals surface area contributed by atoms with Crippen molar-refractivity contribution in [3.63, 3.8) is 0 Å². The lowest BCUT2D eigenvalue weighted by atomic mass is 9.96. The van der Waals surface area contributed by atoms with Gasteiger partial charge in [-0.25, -0.2) is 0 Å². The van der Waals surface area contributed by atoms with Crippen molar-refractivity contribution in [2.24, 2.45) is 0 Å². The van der Waals surface area contributed by atoms with Gasteiger partial charge in [0.05, 0.1) is 5.41 Å². The number of carbonyl (C=O) groups is 1. The highest BCUT2D eigenvalue weighted by Crippen LogP contribution is 2.49. The third-order valence-corrected chi connectivity index (χ3v) is 4.27. The summed E-state index contributed by atoms with van der Waals surface area (Å²) in [5, 5.41) is 0. The van der Waals surface area contributed by atoms with Gasteiger partial charge in [0.2, 0.25) is 6.79 Å². The van der Waals surface area contributed by atoms with Gasteiger partial charge in [-0.3, -0.25) is 4.79 Å². The van der Waals surface area contributed by atoms with Crippen LogP contribution in [0.4, 0.5) is 0 Å². The van der Waals surface area contributed by atoms with Gasteiger partial charge in [-0.2, -0.15) is 0 Å². The van der Waals surface area contributed by atoms with E-state index in [9.17, 15) is 4.79 Å². The summed E-state index contributed by atoms with van der Waals surface area (Å²) < 4.78 is 16.1. The van der Waals surface area contributed by atoms with Crippen molar-refractivity contribution in [3.8, 4) is 11.5 Å². The zero-order chi connectivity index (χ0) is 15.0. The van der Waals surface area contributed by atoms with Crippen LogP contribution < -0.4 is 9.47 Å². The van der Waals surface area contributed by atoms with Crippen LogP contribution in [0.1, 0.15) is 24.0 Å². The van der Waals surface area contributed by atoms with Crippen LogP contribution in [-0.4, -0.2) is 12.8 Å². The number of hydrogen-bond donors (Lipinski definition) is 0. The first kappa shape index (κ1) is 13.2. The van der Waals surface area contributed by atoms with Gasteiger partial charge < -0.3 is 14.2 Å². The number of fused-ring (bicyclic) bond motifs is 1. The van der Waals surface area contributed by atoms with E-state index in [1.165, 1.54) is 0 Å². The molecule has 4 rings (SSSR count). The molecule has 4 nitrogen and oxygen atoms in total. The summed E-state index contributed by atoms with van der Waals surface area (Å²) in [5.41, 5.74) is 1.52. The number of esters is 1. The standard InChI is InChI=1S/C18H16O4/c19-17(18(8-9-18)14-4-2-1-3-5-14)20-11-13-6-7-15-16(10-13)22-12-21-15/h1-7,10H,8-9,11-12H2. The van der Waals surface area contributed by atoms with Crippen LogP contribution >= 0.6 is 0 Å². The summed E-state index contributed by atoms with van der Waals surface area (Å²) in [6.07, 6.45) is 1.72. The quantitative estimate of drug-likeness (QED) is 0.813. The zero-order valence-electron chi connectivity index (χ0n) is 12.1. The smallest absolute Gasteiger partial charge is 0.316 e. The lowest BCUT2D eigenvalue weighted by Gasteiger charge is -2.15. The molecule has 1 heterocycles. The summed E-state index contributed by atoms with van der Waals surface area (Å²) in [7, 11) is 0. The van der Waals surface area contributed by atoms with Crippen LogP contribution in [0.5, 0.6) is 11.5 Å². The number of carbonyl (C=O) groups excluding carboxylic acids is 1. The van der Waals surface area contributed by atoms with Gasteiger partial charge in [0.15, 0.2) is 11.5 Å². The SMILES string of the molecule is O=C(OCc1ccc2c(c1)OCO2)C1(c2ccccc2)CC1. The van der Waals surface area contributed by atoms with Crippen molar-refractivity contribution in [1.29, 1.82) is 0 Å². The molecule has 0 bridgehead atoms. The van der Waals surface area contributed by atoms with E-state index in [0.717, 1.165) is 29.7 Å². The van der Waals surface area contributed by atoms with Gasteiger partial charge in [0.25, 0.3) is 0 Å². The molecule has 2 aromatic carbocycles. The molecule has 1 saturated carbocycles. The average Bonchev–Trinajstić information content (AvgIpc) is 3.25. The second kappa shape index (κ2) is 5.05. The van der Waals surface area contributed by atoms with Crippen LogP contribution in [0.3, 0.4) is 0 Å². The van der Waals surface area contributed by atoms with Crippen LogP contribution in [0.2, 0.25) is 0 Å². The first-order chi connectivity index (χ1) is 10.8. The fraction of sp³-hybridized carbons (Fsp3) is 0.278. The molecule has 112 valence electrons. The van der Waals surface area contributed by atoms with Gasteiger partial charge in [-0.15, -0.1) is 0 Å². The monoisotopic (exact) mass is 296 g/mol. The summed E-state index contributed by atoms with van der Waals surface area (Å²) in [6.45, 7) is 0.500. The van der Waals surface area contributed by atoms with Crippen molar-refractivity contribution in [1.82, 2.24) is 0 Å². The van der Waals surface area contributed by atoms with Crippen molar-refractivity contribution >= 4 is 5.97 Å².